The van der Waals surface area contributed by atoms with Gasteiger partial charge in [0, 0.05) is 41.4 Å². The second kappa shape index (κ2) is 8.23. The van der Waals surface area contributed by atoms with Gasteiger partial charge in [0.2, 0.25) is 17.6 Å². The topological polar surface area (TPSA) is 59.2 Å². The zero-order valence-corrected chi connectivity index (χ0v) is 16.4. The zero-order valence-electron chi connectivity index (χ0n) is 14.8. The number of carbonyl (C=O) groups is 1. The minimum Gasteiger partial charge on any atom is -0.339 e. The van der Waals surface area contributed by atoms with Crippen molar-refractivity contribution >= 4 is 28.8 Å². The molecule has 0 saturated carbocycles. The number of amides is 1. The van der Waals surface area contributed by atoms with E-state index in [-0.39, 0.29) is 11.9 Å². The van der Waals surface area contributed by atoms with Crippen LogP contribution in [0.3, 0.4) is 0 Å². The van der Waals surface area contributed by atoms with E-state index >= 15 is 0 Å². The number of benzene rings is 1. The van der Waals surface area contributed by atoms with Crippen LogP contribution >= 0.6 is 22.9 Å². The van der Waals surface area contributed by atoms with Crippen molar-refractivity contribution in [3.8, 4) is 11.4 Å². The van der Waals surface area contributed by atoms with Crippen LogP contribution in [0.25, 0.3) is 11.4 Å². The number of likely N-dealkylation sites (tertiary alicyclic amines) is 1. The summed E-state index contributed by atoms with van der Waals surface area (Å²) in [6.45, 7) is 0.804. The molecule has 3 heterocycles. The molecule has 3 aromatic rings. The molecule has 1 fully saturated rings. The van der Waals surface area contributed by atoms with Gasteiger partial charge in [0.25, 0.3) is 0 Å². The first-order chi connectivity index (χ1) is 13.2. The molecule has 5 nitrogen and oxygen atoms in total. The average molecular weight is 402 g/mol. The van der Waals surface area contributed by atoms with Gasteiger partial charge in [0.05, 0.1) is 0 Å². The highest BCUT2D eigenvalue weighted by molar-refractivity contribution is 7.08. The van der Waals surface area contributed by atoms with Crippen molar-refractivity contribution in [2.45, 2.75) is 38.1 Å². The molecule has 1 unspecified atom stereocenters. The lowest BCUT2D eigenvalue weighted by molar-refractivity contribution is -0.132. The van der Waals surface area contributed by atoms with Crippen LogP contribution in [0.4, 0.5) is 0 Å². The fourth-order valence-corrected chi connectivity index (χ4v) is 4.36. The molecule has 4 rings (SSSR count). The number of rotatable bonds is 6. The lowest BCUT2D eigenvalue weighted by atomic mass is 10.0. The van der Waals surface area contributed by atoms with Crippen LogP contribution in [0.15, 0.2) is 45.6 Å². The van der Waals surface area contributed by atoms with Crippen molar-refractivity contribution in [2.24, 2.45) is 0 Å². The second-order valence-corrected chi connectivity index (χ2v) is 7.89. The Morgan fingerprint density at radius 1 is 1.33 bits per heavy atom. The summed E-state index contributed by atoms with van der Waals surface area (Å²) in [5, 5.41) is 8.71. The van der Waals surface area contributed by atoms with E-state index in [4.69, 9.17) is 16.1 Å². The van der Waals surface area contributed by atoms with E-state index in [1.165, 1.54) is 0 Å². The van der Waals surface area contributed by atoms with Gasteiger partial charge >= 0.3 is 0 Å². The Hall–Kier alpha value is -2.18. The molecular formula is C20H20ClN3O2S. The maximum Gasteiger partial charge on any atom is 0.227 e. The van der Waals surface area contributed by atoms with Gasteiger partial charge in [-0.1, -0.05) is 35.0 Å². The van der Waals surface area contributed by atoms with Gasteiger partial charge in [0.15, 0.2) is 0 Å². The molecule has 1 aromatic carbocycles. The Balaban J connectivity index is 1.35. The Morgan fingerprint density at radius 2 is 2.22 bits per heavy atom. The number of carbonyl (C=O) groups excluding carboxylic acids is 1. The quantitative estimate of drug-likeness (QED) is 0.604. The summed E-state index contributed by atoms with van der Waals surface area (Å²) in [5.74, 6) is 1.22. The summed E-state index contributed by atoms with van der Waals surface area (Å²) >= 11 is 7.87. The molecule has 1 saturated heterocycles. The van der Waals surface area contributed by atoms with E-state index in [2.05, 4.69) is 10.1 Å². The Kier molecular flexibility index (Phi) is 5.55. The summed E-state index contributed by atoms with van der Waals surface area (Å²) in [7, 11) is 0. The van der Waals surface area contributed by atoms with Crippen molar-refractivity contribution in [3.05, 3.63) is 57.6 Å². The van der Waals surface area contributed by atoms with Gasteiger partial charge in [-0.25, -0.2) is 0 Å². The Morgan fingerprint density at radius 3 is 3.04 bits per heavy atom. The lowest BCUT2D eigenvalue weighted by Gasteiger charge is -2.25. The average Bonchev–Trinajstić information content (AvgIpc) is 3.42. The summed E-state index contributed by atoms with van der Waals surface area (Å²) in [6.07, 6.45) is 3.69. The number of nitrogens with zero attached hydrogens (tertiary/aromatic N) is 3. The SMILES string of the molecule is O=C(CCc1nc(-c2ccsc2)no1)N1CCCC1Cc1ccccc1Cl. The van der Waals surface area contributed by atoms with Crippen molar-refractivity contribution in [3.63, 3.8) is 0 Å². The fourth-order valence-electron chi connectivity index (χ4n) is 3.52. The number of aryl methyl sites for hydroxylation is 1. The molecule has 1 aliphatic rings. The van der Waals surface area contributed by atoms with Crippen molar-refractivity contribution in [1.29, 1.82) is 0 Å². The van der Waals surface area contributed by atoms with Crippen LogP contribution in [0.1, 0.15) is 30.7 Å². The number of aromatic nitrogens is 2. The first kappa shape index (κ1) is 18.2. The summed E-state index contributed by atoms with van der Waals surface area (Å²) in [4.78, 5) is 19.1. The number of thiophene rings is 1. The van der Waals surface area contributed by atoms with Gasteiger partial charge < -0.3 is 9.42 Å². The third kappa shape index (κ3) is 4.22. The molecule has 0 spiro atoms. The summed E-state index contributed by atoms with van der Waals surface area (Å²) in [6, 6.07) is 10.0. The van der Waals surface area contributed by atoms with Gasteiger partial charge in [0.1, 0.15) is 0 Å². The number of hydrogen-bond acceptors (Lipinski definition) is 5. The predicted octanol–water partition coefficient (Wildman–Crippen LogP) is 4.62. The summed E-state index contributed by atoms with van der Waals surface area (Å²) in [5.41, 5.74) is 2.04. The second-order valence-electron chi connectivity index (χ2n) is 6.70. The largest absolute Gasteiger partial charge is 0.339 e. The maximum absolute atomic E-state index is 12.7. The molecule has 0 bridgehead atoms. The van der Waals surface area contributed by atoms with Crippen molar-refractivity contribution in [1.82, 2.24) is 15.0 Å². The smallest absolute Gasteiger partial charge is 0.227 e. The standard InChI is InChI=1S/C20H20ClN3O2S/c21-17-6-2-1-4-14(17)12-16-5-3-10-24(16)19(25)8-7-18-22-20(23-26-18)15-9-11-27-13-15/h1-2,4,6,9,11,13,16H,3,5,7-8,10,12H2. The van der Waals surface area contributed by atoms with Gasteiger partial charge in [-0.15, -0.1) is 0 Å². The van der Waals surface area contributed by atoms with E-state index in [0.717, 1.165) is 42.0 Å². The van der Waals surface area contributed by atoms with Crippen LogP contribution in [0.2, 0.25) is 5.02 Å². The first-order valence-corrected chi connectivity index (χ1v) is 10.4. The third-order valence-corrected chi connectivity index (χ3v) is 5.96. The van der Waals surface area contributed by atoms with Gasteiger partial charge in [-0.05, 0) is 42.3 Å². The molecule has 0 radical (unpaired) electrons. The van der Waals surface area contributed by atoms with Crippen molar-refractivity contribution < 1.29 is 9.32 Å². The normalized spacial score (nSPS) is 16.8. The highest BCUT2D eigenvalue weighted by Crippen LogP contribution is 2.26. The third-order valence-electron chi connectivity index (χ3n) is 4.91. The minimum atomic E-state index is 0.139. The predicted molar refractivity (Wildman–Crippen MR) is 106 cm³/mol. The van der Waals surface area contributed by atoms with Gasteiger partial charge in [-0.3, -0.25) is 4.79 Å². The molecule has 1 amide bonds. The highest BCUT2D eigenvalue weighted by Gasteiger charge is 2.29. The van der Waals surface area contributed by atoms with E-state index in [0.29, 0.717) is 24.6 Å². The van der Waals surface area contributed by atoms with Crippen molar-refractivity contribution in [2.75, 3.05) is 6.54 Å². The molecule has 1 atom stereocenters. The molecule has 0 aliphatic carbocycles. The van der Waals surface area contributed by atoms with Gasteiger partial charge in [-0.2, -0.15) is 16.3 Å². The van der Waals surface area contributed by atoms with Crippen LogP contribution in [0.5, 0.6) is 0 Å². The van der Waals surface area contributed by atoms with Crippen LogP contribution in [-0.2, 0) is 17.6 Å². The van der Waals surface area contributed by atoms with E-state index in [1.54, 1.807) is 11.3 Å². The molecule has 27 heavy (non-hydrogen) atoms. The molecule has 1 aliphatic heterocycles. The number of hydrogen-bond donors (Lipinski definition) is 0. The Bertz CT molecular complexity index is 910. The maximum atomic E-state index is 12.7. The van der Waals surface area contributed by atoms with E-state index in [9.17, 15) is 4.79 Å². The van der Waals surface area contributed by atoms with Crippen LogP contribution < -0.4 is 0 Å². The Labute approximate surface area is 167 Å². The molecule has 140 valence electrons. The molecule has 0 N–H and O–H groups in total. The zero-order chi connectivity index (χ0) is 18.6. The first-order valence-electron chi connectivity index (χ1n) is 9.09. The fraction of sp³-hybridized carbons (Fsp3) is 0.350. The molecule has 2 aromatic heterocycles. The van der Waals surface area contributed by atoms with Crippen LogP contribution in [-0.4, -0.2) is 33.5 Å². The lowest BCUT2D eigenvalue weighted by Crippen LogP contribution is -2.37. The monoisotopic (exact) mass is 401 g/mol. The van der Waals surface area contributed by atoms with E-state index < -0.39 is 0 Å². The molecular weight excluding hydrogens is 382 g/mol. The molecule has 7 heteroatoms. The highest BCUT2D eigenvalue weighted by atomic mass is 35.5. The number of halogens is 1. The van der Waals surface area contributed by atoms with Crippen LogP contribution in [0, 0.1) is 0 Å². The minimum absolute atomic E-state index is 0.139. The van der Waals surface area contributed by atoms with E-state index in [1.807, 2.05) is 46.0 Å². The summed E-state index contributed by atoms with van der Waals surface area (Å²) < 4.78 is 5.30.